The topological polar surface area (TPSA) is 114 Å². The molecule has 4 rings (SSSR count). The molecule has 0 saturated heterocycles. The predicted molar refractivity (Wildman–Crippen MR) is 124 cm³/mol. The van der Waals surface area contributed by atoms with Crippen LogP contribution in [0.2, 0.25) is 10.0 Å². The molecule has 2 aromatic carbocycles. The Kier molecular flexibility index (Phi) is 6.02. The number of nitriles is 1. The monoisotopic (exact) mass is 469 g/mol. The molecule has 0 radical (unpaired) electrons. The van der Waals surface area contributed by atoms with Gasteiger partial charge in [0.05, 0.1) is 21.2 Å². The number of aliphatic hydroxyl groups is 2. The van der Waals surface area contributed by atoms with Crippen LogP contribution in [0.4, 0.5) is 5.69 Å². The third-order valence-corrected chi connectivity index (χ3v) is 5.32. The minimum absolute atomic E-state index is 0.158. The number of ether oxygens (including phenoxy) is 1. The van der Waals surface area contributed by atoms with Gasteiger partial charge in [0.15, 0.2) is 17.7 Å². The zero-order valence-corrected chi connectivity index (χ0v) is 18.3. The minimum atomic E-state index is -1.39. The molecule has 1 aromatic heterocycles. The van der Waals surface area contributed by atoms with Crippen molar-refractivity contribution in [2.24, 2.45) is 5.10 Å². The number of aryl methyl sites for hydroxylation is 1. The molecular formula is C22H17Cl2N5O3. The van der Waals surface area contributed by atoms with Crippen molar-refractivity contribution in [1.29, 1.82) is 5.26 Å². The average molecular weight is 470 g/mol. The molecule has 8 nitrogen and oxygen atoms in total. The number of nitrogens with one attached hydrogen (secondary N) is 1. The van der Waals surface area contributed by atoms with Crippen LogP contribution in [0.15, 0.2) is 48.1 Å². The summed E-state index contributed by atoms with van der Waals surface area (Å²) in [5.74, 6) is 0.705. The highest BCUT2D eigenvalue weighted by atomic mass is 35.5. The van der Waals surface area contributed by atoms with Crippen molar-refractivity contribution < 1.29 is 14.9 Å². The Morgan fingerprint density at radius 2 is 1.94 bits per heavy atom. The van der Waals surface area contributed by atoms with Gasteiger partial charge in [-0.3, -0.25) is 4.98 Å². The van der Waals surface area contributed by atoms with Gasteiger partial charge in [-0.2, -0.15) is 10.4 Å². The summed E-state index contributed by atoms with van der Waals surface area (Å²) in [5, 5.41) is 37.6. The summed E-state index contributed by atoms with van der Waals surface area (Å²) < 4.78 is 5.96. The average Bonchev–Trinajstić information content (AvgIpc) is 2.75. The summed E-state index contributed by atoms with van der Waals surface area (Å²) in [6, 6.07) is 12.1. The van der Waals surface area contributed by atoms with Crippen molar-refractivity contribution in [3.8, 4) is 17.6 Å². The number of fused-ring (bicyclic) bond motifs is 1. The minimum Gasteiger partial charge on any atom is -0.454 e. The van der Waals surface area contributed by atoms with Crippen LogP contribution in [0.3, 0.4) is 0 Å². The molecule has 162 valence electrons. The van der Waals surface area contributed by atoms with E-state index in [-0.39, 0.29) is 21.5 Å². The maximum Gasteiger partial charge on any atom is 0.206 e. The SMILES string of the molecule is C=Cc1cc(C)nc2ccc(Oc3c(Cl)cc(N4N=C(C#N)C(O)NC4O)cc3Cl)cc12. The molecule has 32 heavy (non-hydrogen) atoms. The van der Waals surface area contributed by atoms with Gasteiger partial charge in [-0.25, -0.2) is 10.3 Å². The van der Waals surface area contributed by atoms with Gasteiger partial charge in [-0.05, 0) is 48.9 Å². The first-order chi connectivity index (χ1) is 15.3. The summed E-state index contributed by atoms with van der Waals surface area (Å²) in [6.45, 7) is 5.77. The van der Waals surface area contributed by atoms with E-state index in [2.05, 4.69) is 22.0 Å². The Morgan fingerprint density at radius 1 is 1.22 bits per heavy atom. The van der Waals surface area contributed by atoms with Gasteiger partial charge in [0.2, 0.25) is 6.35 Å². The second-order valence-corrected chi connectivity index (χ2v) is 7.78. The van der Waals surface area contributed by atoms with E-state index in [9.17, 15) is 10.2 Å². The number of aromatic nitrogens is 1. The first-order valence-electron chi connectivity index (χ1n) is 9.41. The van der Waals surface area contributed by atoms with Crippen LogP contribution in [-0.2, 0) is 0 Å². The van der Waals surface area contributed by atoms with Gasteiger partial charge in [-0.15, -0.1) is 0 Å². The van der Waals surface area contributed by atoms with E-state index in [1.54, 1.807) is 18.2 Å². The number of benzene rings is 2. The number of hydrogen-bond acceptors (Lipinski definition) is 8. The maximum atomic E-state index is 10.2. The molecule has 1 aliphatic rings. The molecule has 0 bridgehead atoms. The Hall–Kier alpha value is -3.19. The summed E-state index contributed by atoms with van der Waals surface area (Å²) in [7, 11) is 0. The number of aliphatic hydroxyl groups excluding tert-OH is 2. The molecule has 1 aliphatic heterocycles. The predicted octanol–water partition coefficient (Wildman–Crippen LogP) is 4.17. The van der Waals surface area contributed by atoms with Crippen LogP contribution in [-0.4, -0.2) is 33.5 Å². The lowest BCUT2D eigenvalue weighted by Gasteiger charge is -2.32. The molecule has 3 N–H and O–H groups in total. The molecule has 2 unspecified atom stereocenters. The van der Waals surface area contributed by atoms with E-state index >= 15 is 0 Å². The van der Waals surface area contributed by atoms with E-state index in [0.29, 0.717) is 11.4 Å². The van der Waals surface area contributed by atoms with E-state index in [1.165, 1.54) is 12.1 Å². The maximum absolute atomic E-state index is 10.2. The fourth-order valence-electron chi connectivity index (χ4n) is 3.29. The van der Waals surface area contributed by atoms with Gasteiger partial charge >= 0.3 is 0 Å². The second kappa shape index (κ2) is 8.74. The van der Waals surface area contributed by atoms with Crippen molar-refractivity contribution in [2.75, 3.05) is 5.01 Å². The number of hydrogen-bond donors (Lipinski definition) is 3. The third kappa shape index (κ3) is 4.12. The van der Waals surface area contributed by atoms with E-state index in [4.69, 9.17) is 33.2 Å². The first-order valence-corrected chi connectivity index (χ1v) is 10.2. The number of anilines is 1. The van der Waals surface area contributed by atoms with Crippen LogP contribution in [0.5, 0.6) is 11.5 Å². The highest BCUT2D eigenvalue weighted by Gasteiger charge is 2.29. The Balaban J connectivity index is 1.69. The molecule has 0 spiro atoms. The zero-order valence-electron chi connectivity index (χ0n) is 16.8. The van der Waals surface area contributed by atoms with Gasteiger partial charge in [-0.1, -0.05) is 35.9 Å². The molecule has 3 aromatic rings. The standard InChI is InChI=1S/C22H17Cl2N5O3/c1-3-12-6-11(2)26-18-5-4-14(9-15(12)18)32-20-16(23)7-13(8-17(20)24)29-22(31)27-21(30)19(10-25)28-29/h3-9,21-22,27,30-31H,1H2,2H3. The summed E-state index contributed by atoms with van der Waals surface area (Å²) in [5.41, 5.74) is 2.68. The number of rotatable bonds is 4. The zero-order chi connectivity index (χ0) is 23.0. The number of hydrazone groups is 1. The lowest BCUT2D eigenvalue weighted by molar-refractivity contribution is 0.0631. The fourth-order valence-corrected chi connectivity index (χ4v) is 3.85. The van der Waals surface area contributed by atoms with Crippen LogP contribution < -0.4 is 15.1 Å². The summed E-state index contributed by atoms with van der Waals surface area (Å²) in [4.78, 5) is 4.51. The molecule has 0 aliphatic carbocycles. The van der Waals surface area contributed by atoms with E-state index in [1.807, 2.05) is 25.1 Å². The van der Waals surface area contributed by atoms with Gasteiger partial charge in [0.25, 0.3) is 0 Å². The first kappa shape index (κ1) is 22.0. The van der Waals surface area contributed by atoms with Gasteiger partial charge in [0.1, 0.15) is 11.8 Å². The van der Waals surface area contributed by atoms with Gasteiger partial charge < -0.3 is 14.9 Å². The Morgan fingerprint density at radius 3 is 2.59 bits per heavy atom. The second-order valence-electron chi connectivity index (χ2n) is 6.96. The molecule has 0 amide bonds. The smallest absolute Gasteiger partial charge is 0.206 e. The van der Waals surface area contributed by atoms with Crippen LogP contribution in [0.25, 0.3) is 17.0 Å². The molecule has 0 fully saturated rings. The summed E-state index contributed by atoms with van der Waals surface area (Å²) in [6.07, 6.45) is -1.03. The van der Waals surface area contributed by atoms with Crippen molar-refractivity contribution >= 4 is 51.6 Å². The summed E-state index contributed by atoms with van der Waals surface area (Å²) >= 11 is 12.8. The van der Waals surface area contributed by atoms with Crippen molar-refractivity contribution in [3.63, 3.8) is 0 Å². The molecule has 2 atom stereocenters. The van der Waals surface area contributed by atoms with Crippen LogP contribution in [0.1, 0.15) is 11.3 Å². The molecule has 2 heterocycles. The van der Waals surface area contributed by atoms with E-state index < -0.39 is 12.6 Å². The highest BCUT2D eigenvalue weighted by Crippen LogP contribution is 2.41. The lowest BCUT2D eigenvalue weighted by atomic mass is 10.1. The van der Waals surface area contributed by atoms with Gasteiger partial charge in [0, 0.05) is 11.1 Å². The highest BCUT2D eigenvalue weighted by molar-refractivity contribution is 6.37. The Labute approximate surface area is 193 Å². The van der Waals surface area contributed by atoms with Crippen LogP contribution in [0, 0.1) is 18.3 Å². The van der Waals surface area contributed by atoms with Crippen molar-refractivity contribution in [1.82, 2.24) is 10.3 Å². The number of halogens is 2. The lowest BCUT2D eigenvalue weighted by Crippen LogP contribution is -2.55. The number of nitrogens with zero attached hydrogens (tertiary/aromatic N) is 4. The number of pyridine rings is 1. The Bertz CT molecular complexity index is 1280. The van der Waals surface area contributed by atoms with E-state index in [0.717, 1.165) is 27.2 Å². The molecule has 0 saturated carbocycles. The molecular weight excluding hydrogens is 453 g/mol. The van der Waals surface area contributed by atoms with Crippen molar-refractivity contribution in [2.45, 2.75) is 19.5 Å². The fraction of sp³-hybridized carbons (Fsp3) is 0.136. The third-order valence-electron chi connectivity index (χ3n) is 4.76. The molecule has 10 heteroatoms. The van der Waals surface area contributed by atoms with Crippen LogP contribution >= 0.6 is 23.2 Å². The normalized spacial score (nSPS) is 18.2. The van der Waals surface area contributed by atoms with Crippen molar-refractivity contribution in [3.05, 3.63) is 64.3 Å². The largest absolute Gasteiger partial charge is 0.454 e. The quantitative estimate of drug-likeness (QED) is 0.525.